The van der Waals surface area contributed by atoms with Gasteiger partial charge in [0.15, 0.2) is 17.2 Å². The van der Waals surface area contributed by atoms with Gasteiger partial charge < -0.3 is 28.8 Å². The van der Waals surface area contributed by atoms with E-state index < -0.39 is 12.7 Å². The standard InChI is InChI=1S/C23H27F2N3O6.H2/c1-3-16-19(21(29)28-9-8-15(11-28)26-23(30)31-2)27-20(33-16)14-6-7-17(34-22(24)25)18(10-14)32-12-13-4-5-13;/h6-7,10,13,15,22H,3-5,8-9,11-12H2,1-2H3,(H,26,30);1H/t15-;/m1./s1. The number of aromatic nitrogens is 1. The van der Waals surface area contributed by atoms with Gasteiger partial charge in [0, 0.05) is 26.5 Å². The van der Waals surface area contributed by atoms with Crippen LogP contribution < -0.4 is 14.8 Å². The van der Waals surface area contributed by atoms with Gasteiger partial charge in [-0.2, -0.15) is 8.78 Å². The second kappa shape index (κ2) is 10.3. The lowest BCUT2D eigenvalue weighted by Crippen LogP contribution is -2.38. The van der Waals surface area contributed by atoms with E-state index in [1.165, 1.54) is 25.3 Å². The number of likely N-dealkylation sites (tertiary alicyclic amines) is 1. The number of hydrogen-bond donors (Lipinski definition) is 1. The number of alkyl halides is 2. The number of carbonyl (C=O) groups is 2. The van der Waals surface area contributed by atoms with Crippen LogP contribution in [0.25, 0.3) is 11.5 Å². The van der Waals surface area contributed by atoms with Crippen LogP contribution in [0.2, 0.25) is 0 Å². The first kappa shape index (κ1) is 23.8. The molecule has 2 amide bonds. The van der Waals surface area contributed by atoms with E-state index in [1.807, 2.05) is 6.92 Å². The fourth-order valence-corrected chi connectivity index (χ4v) is 3.76. The Morgan fingerprint density at radius 3 is 2.76 bits per heavy atom. The molecule has 1 saturated heterocycles. The highest BCUT2D eigenvalue weighted by atomic mass is 19.3. The fourth-order valence-electron chi connectivity index (χ4n) is 3.76. The molecule has 34 heavy (non-hydrogen) atoms. The normalized spacial score (nSPS) is 17.7. The first-order valence-corrected chi connectivity index (χ1v) is 11.2. The average molecular weight is 481 g/mol. The summed E-state index contributed by atoms with van der Waals surface area (Å²) < 4.78 is 46.4. The number of nitrogens with one attached hydrogen (secondary N) is 1. The van der Waals surface area contributed by atoms with Gasteiger partial charge in [-0.05, 0) is 43.4 Å². The predicted molar refractivity (Wildman–Crippen MR) is 118 cm³/mol. The van der Waals surface area contributed by atoms with E-state index in [1.54, 1.807) is 4.90 Å². The maximum absolute atomic E-state index is 13.1. The number of ether oxygens (including phenoxy) is 3. The van der Waals surface area contributed by atoms with Gasteiger partial charge in [0.2, 0.25) is 5.89 Å². The molecule has 1 saturated carbocycles. The van der Waals surface area contributed by atoms with Crippen molar-refractivity contribution >= 4 is 12.0 Å². The summed E-state index contributed by atoms with van der Waals surface area (Å²) in [6, 6.07) is 4.24. The van der Waals surface area contributed by atoms with E-state index in [2.05, 4.69) is 19.8 Å². The summed E-state index contributed by atoms with van der Waals surface area (Å²) in [7, 11) is 1.28. The molecule has 1 atom stereocenters. The lowest BCUT2D eigenvalue weighted by molar-refractivity contribution is -0.0515. The van der Waals surface area contributed by atoms with Crippen molar-refractivity contribution in [3.05, 3.63) is 29.7 Å². The minimum absolute atomic E-state index is 0. The van der Waals surface area contributed by atoms with Gasteiger partial charge >= 0.3 is 12.7 Å². The van der Waals surface area contributed by atoms with E-state index in [0.717, 1.165) is 12.8 Å². The Morgan fingerprint density at radius 1 is 1.29 bits per heavy atom. The number of nitrogens with zero attached hydrogens (tertiary/aromatic N) is 2. The van der Waals surface area contributed by atoms with Crippen molar-refractivity contribution < 1.29 is 38.4 Å². The van der Waals surface area contributed by atoms with Crippen molar-refractivity contribution in [2.24, 2.45) is 5.92 Å². The molecule has 2 fully saturated rings. The van der Waals surface area contributed by atoms with Gasteiger partial charge in [-0.15, -0.1) is 0 Å². The number of methoxy groups -OCH3 is 1. The first-order chi connectivity index (χ1) is 16.4. The van der Waals surface area contributed by atoms with Crippen LogP contribution >= 0.6 is 0 Å². The van der Waals surface area contributed by atoms with Gasteiger partial charge in [0.25, 0.3) is 5.91 Å². The van der Waals surface area contributed by atoms with E-state index in [9.17, 15) is 18.4 Å². The Kier molecular flexibility index (Phi) is 7.18. The smallest absolute Gasteiger partial charge is 0.407 e. The third-order valence-electron chi connectivity index (χ3n) is 5.78. The highest BCUT2D eigenvalue weighted by Crippen LogP contribution is 2.37. The SMILES string of the molecule is CCc1oc(-c2ccc(OC(F)F)c(OCC3CC3)c2)nc1C(=O)N1CC[C@@H](NC(=O)OC)C1.[HH]. The molecular weight excluding hydrogens is 452 g/mol. The molecule has 1 aliphatic heterocycles. The third-order valence-corrected chi connectivity index (χ3v) is 5.78. The molecule has 4 rings (SSSR count). The Hall–Kier alpha value is -3.37. The lowest BCUT2D eigenvalue weighted by atomic mass is 10.2. The van der Waals surface area contributed by atoms with Gasteiger partial charge in [0.05, 0.1) is 19.8 Å². The highest BCUT2D eigenvalue weighted by molar-refractivity contribution is 5.94. The van der Waals surface area contributed by atoms with Crippen molar-refractivity contribution in [3.8, 4) is 23.0 Å². The van der Waals surface area contributed by atoms with E-state index >= 15 is 0 Å². The molecule has 0 unspecified atom stereocenters. The largest absolute Gasteiger partial charge is 0.489 e. The van der Waals surface area contributed by atoms with Crippen molar-refractivity contribution in [1.29, 1.82) is 0 Å². The Balaban J connectivity index is 0.00000342. The molecule has 1 N–H and O–H groups in total. The lowest BCUT2D eigenvalue weighted by Gasteiger charge is -2.16. The summed E-state index contributed by atoms with van der Waals surface area (Å²) in [5.74, 6) is 0.813. The summed E-state index contributed by atoms with van der Waals surface area (Å²) >= 11 is 0. The van der Waals surface area contributed by atoms with Crippen LogP contribution in [-0.2, 0) is 11.2 Å². The number of amides is 2. The minimum atomic E-state index is -2.98. The van der Waals surface area contributed by atoms with Crippen molar-refractivity contribution in [1.82, 2.24) is 15.2 Å². The van der Waals surface area contributed by atoms with E-state index in [-0.39, 0.29) is 36.5 Å². The molecule has 2 aromatic rings. The van der Waals surface area contributed by atoms with Gasteiger partial charge in [-0.1, -0.05) is 6.92 Å². The van der Waals surface area contributed by atoms with Crippen LogP contribution in [0.1, 0.15) is 43.9 Å². The van der Waals surface area contributed by atoms with Crippen LogP contribution in [0.5, 0.6) is 11.5 Å². The van der Waals surface area contributed by atoms with E-state index in [4.69, 9.17) is 9.15 Å². The Bertz CT molecular complexity index is 1050. The van der Waals surface area contributed by atoms with Gasteiger partial charge in [-0.3, -0.25) is 4.79 Å². The third kappa shape index (κ3) is 5.57. The number of alkyl carbamates (subject to hydrolysis) is 1. The Morgan fingerprint density at radius 2 is 2.09 bits per heavy atom. The predicted octanol–water partition coefficient (Wildman–Crippen LogP) is 4.11. The molecule has 1 aromatic carbocycles. The number of benzene rings is 1. The zero-order valence-corrected chi connectivity index (χ0v) is 19.0. The maximum atomic E-state index is 13.1. The van der Waals surface area contributed by atoms with Crippen molar-refractivity contribution in [3.63, 3.8) is 0 Å². The molecule has 2 heterocycles. The van der Waals surface area contributed by atoms with Gasteiger partial charge in [-0.25, -0.2) is 9.78 Å². The van der Waals surface area contributed by atoms with Crippen LogP contribution in [0.15, 0.2) is 22.6 Å². The molecule has 186 valence electrons. The topological polar surface area (TPSA) is 103 Å². The second-order valence-corrected chi connectivity index (χ2v) is 8.31. The van der Waals surface area contributed by atoms with Crippen LogP contribution in [-0.4, -0.2) is 61.3 Å². The number of aryl methyl sites for hydroxylation is 1. The Labute approximate surface area is 196 Å². The van der Waals surface area contributed by atoms with Gasteiger partial charge in [0.1, 0.15) is 5.76 Å². The molecular formula is C23H29F2N3O6. The van der Waals surface area contributed by atoms with E-state index in [0.29, 0.717) is 49.8 Å². The van der Waals surface area contributed by atoms with Crippen LogP contribution in [0.3, 0.4) is 0 Å². The summed E-state index contributed by atoms with van der Waals surface area (Å²) in [5.41, 5.74) is 0.664. The molecule has 0 bridgehead atoms. The maximum Gasteiger partial charge on any atom is 0.407 e. The fraction of sp³-hybridized carbons (Fsp3) is 0.522. The van der Waals surface area contributed by atoms with Crippen molar-refractivity contribution in [2.45, 2.75) is 45.3 Å². The molecule has 0 radical (unpaired) electrons. The number of carbonyl (C=O) groups excluding carboxylic acids is 2. The summed E-state index contributed by atoms with van der Waals surface area (Å²) in [5, 5.41) is 2.70. The summed E-state index contributed by atoms with van der Waals surface area (Å²) in [6.45, 7) is 0.0604. The first-order valence-electron chi connectivity index (χ1n) is 11.2. The zero-order chi connectivity index (χ0) is 24.2. The number of halogens is 2. The monoisotopic (exact) mass is 481 g/mol. The molecule has 9 nitrogen and oxygen atoms in total. The zero-order valence-electron chi connectivity index (χ0n) is 19.0. The second-order valence-electron chi connectivity index (χ2n) is 8.31. The number of rotatable bonds is 9. The molecule has 1 aliphatic carbocycles. The minimum Gasteiger partial charge on any atom is -0.489 e. The van der Waals surface area contributed by atoms with Crippen molar-refractivity contribution in [2.75, 3.05) is 26.8 Å². The average Bonchev–Trinajstić information content (AvgIpc) is 3.36. The number of oxazole rings is 1. The highest BCUT2D eigenvalue weighted by Gasteiger charge is 2.32. The summed E-state index contributed by atoms with van der Waals surface area (Å²) in [6.07, 6.45) is 2.57. The molecule has 0 spiro atoms. The van der Waals surface area contributed by atoms with Crippen LogP contribution in [0.4, 0.5) is 13.6 Å². The molecule has 2 aliphatic rings. The molecule has 1 aromatic heterocycles. The van der Waals surface area contributed by atoms with Crippen LogP contribution in [0, 0.1) is 5.92 Å². The number of hydrogen-bond acceptors (Lipinski definition) is 7. The molecule has 11 heteroatoms. The summed E-state index contributed by atoms with van der Waals surface area (Å²) in [4.78, 5) is 30.6. The quantitative estimate of drug-likeness (QED) is 0.575.